The molecular formula is C20H28N2. The van der Waals surface area contributed by atoms with Crippen LogP contribution in [0.1, 0.15) is 36.8 Å². The molecule has 1 unspecified atom stereocenters. The Kier molecular flexibility index (Phi) is 6.17. The van der Waals surface area contributed by atoms with E-state index >= 15 is 0 Å². The minimum absolute atomic E-state index is 0.585. The molecule has 0 radical (unpaired) electrons. The summed E-state index contributed by atoms with van der Waals surface area (Å²) >= 11 is 0. The fraction of sp³-hybridized carbons (Fsp3) is 0.400. The summed E-state index contributed by atoms with van der Waals surface area (Å²) in [7, 11) is 4.19. The second-order valence-corrected chi connectivity index (χ2v) is 6.24. The van der Waals surface area contributed by atoms with Crippen molar-refractivity contribution in [3.05, 3.63) is 59.7 Å². The van der Waals surface area contributed by atoms with E-state index in [1.54, 1.807) is 0 Å². The number of hydrogen-bond acceptors (Lipinski definition) is 2. The maximum absolute atomic E-state index is 5.71. The van der Waals surface area contributed by atoms with E-state index in [-0.39, 0.29) is 0 Å². The zero-order chi connectivity index (χ0) is 15.9. The predicted molar refractivity (Wildman–Crippen MR) is 96.0 cm³/mol. The average molecular weight is 296 g/mol. The lowest BCUT2D eigenvalue weighted by atomic mass is 9.91. The van der Waals surface area contributed by atoms with Gasteiger partial charge in [0.2, 0.25) is 0 Å². The van der Waals surface area contributed by atoms with E-state index in [4.69, 9.17) is 5.73 Å². The molecule has 2 aromatic rings. The van der Waals surface area contributed by atoms with Crippen molar-refractivity contribution in [2.24, 2.45) is 5.73 Å². The second-order valence-electron chi connectivity index (χ2n) is 6.24. The Bertz CT molecular complexity index is 555. The number of nitrogens with two attached hydrogens (primary N) is 1. The Morgan fingerprint density at radius 1 is 0.909 bits per heavy atom. The summed E-state index contributed by atoms with van der Waals surface area (Å²) in [5, 5.41) is 0. The fourth-order valence-corrected chi connectivity index (χ4v) is 2.92. The third-order valence-electron chi connectivity index (χ3n) is 4.18. The third-order valence-corrected chi connectivity index (χ3v) is 4.18. The van der Waals surface area contributed by atoms with Gasteiger partial charge in [0.15, 0.2) is 0 Å². The molecule has 118 valence electrons. The molecule has 1 atom stereocenters. The molecular weight excluding hydrogens is 268 g/mol. The number of rotatable bonds is 7. The van der Waals surface area contributed by atoms with Crippen LogP contribution >= 0.6 is 0 Å². The van der Waals surface area contributed by atoms with Gasteiger partial charge in [-0.15, -0.1) is 0 Å². The summed E-state index contributed by atoms with van der Waals surface area (Å²) < 4.78 is 0. The number of nitrogens with zero attached hydrogens (tertiary/aromatic N) is 1. The van der Waals surface area contributed by atoms with E-state index in [1.807, 2.05) is 0 Å². The molecule has 2 aromatic carbocycles. The zero-order valence-corrected chi connectivity index (χ0v) is 14.0. The van der Waals surface area contributed by atoms with Gasteiger partial charge in [0.25, 0.3) is 0 Å². The first-order valence-electron chi connectivity index (χ1n) is 8.18. The van der Waals surface area contributed by atoms with Crippen molar-refractivity contribution < 1.29 is 0 Å². The third kappa shape index (κ3) is 4.43. The van der Waals surface area contributed by atoms with Gasteiger partial charge in [-0.25, -0.2) is 0 Å². The van der Waals surface area contributed by atoms with Gasteiger partial charge < -0.3 is 10.6 Å². The lowest BCUT2D eigenvalue weighted by Crippen LogP contribution is -2.10. The first-order valence-corrected chi connectivity index (χ1v) is 8.18. The largest absolute Gasteiger partial charge is 0.330 e. The minimum Gasteiger partial charge on any atom is -0.330 e. The highest BCUT2D eigenvalue weighted by molar-refractivity contribution is 5.64. The molecule has 0 amide bonds. The van der Waals surface area contributed by atoms with Gasteiger partial charge in [-0.2, -0.15) is 0 Å². The number of benzene rings is 2. The molecule has 0 aliphatic carbocycles. The van der Waals surface area contributed by atoms with Crippen molar-refractivity contribution in [1.29, 1.82) is 0 Å². The van der Waals surface area contributed by atoms with E-state index in [1.165, 1.54) is 22.3 Å². The van der Waals surface area contributed by atoms with E-state index in [0.717, 1.165) is 25.9 Å². The first kappa shape index (κ1) is 16.7. The molecule has 22 heavy (non-hydrogen) atoms. The van der Waals surface area contributed by atoms with Crippen LogP contribution < -0.4 is 5.73 Å². The van der Waals surface area contributed by atoms with E-state index in [9.17, 15) is 0 Å². The van der Waals surface area contributed by atoms with Gasteiger partial charge in [0.1, 0.15) is 0 Å². The van der Waals surface area contributed by atoms with Crippen LogP contribution in [0.25, 0.3) is 11.1 Å². The summed E-state index contributed by atoms with van der Waals surface area (Å²) in [4.78, 5) is 2.19. The maximum atomic E-state index is 5.71. The van der Waals surface area contributed by atoms with Crippen LogP contribution in [0.4, 0.5) is 0 Å². The van der Waals surface area contributed by atoms with Crippen molar-refractivity contribution in [2.75, 3.05) is 20.6 Å². The van der Waals surface area contributed by atoms with Crippen LogP contribution in [0.2, 0.25) is 0 Å². The highest BCUT2D eigenvalue weighted by Crippen LogP contribution is 2.26. The quantitative estimate of drug-likeness (QED) is 0.827. The Balaban J connectivity index is 2.12. The van der Waals surface area contributed by atoms with Crippen LogP contribution in [0.5, 0.6) is 0 Å². The van der Waals surface area contributed by atoms with Crippen molar-refractivity contribution >= 4 is 0 Å². The van der Waals surface area contributed by atoms with Gasteiger partial charge in [0.05, 0.1) is 0 Å². The van der Waals surface area contributed by atoms with Crippen LogP contribution in [0.3, 0.4) is 0 Å². The molecule has 0 aromatic heterocycles. The SMILES string of the molecule is CCC(CCN)c1ccc(-c2ccc(CN(C)C)cc2)cc1. The Labute approximate surface area is 135 Å². The molecule has 0 heterocycles. The van der Waals surface area contributed by atoms with E-state index < -0.39 is 0 Å². The molecule has 0 aliphatic heterocycles. The standard InChI is InChI=1S/C20H28N2/c1-4-17(13-14-21)18-9-11-20(12-10-18)19-7-5-16(6-8-19)15-22(2)3/h5-12,17H,4,13-15,21H2,1-3H3. The molecule has 2 heteroatoms. The van der Waals surface area contributed by atoms with Gasteiger partial charge in [0, 0.05) is 6.54 Å². The second kappa shape index (κ2) is 8.11. The highest BCUT2D eigenvalue weighted by atomic mass is 15.0. The summed E-state index contributed by atoms with van der Waals surface area (Å²) in [5.74, 6) is 0.585. The van der Waals surface area contributed by atoms with E-state index in [2.05, 4.69) is 74.4 Å². The molecule has 0 spiro atoms. The lowest BCUT2D eigenvalue weighted by molar-refractivity contribution is 0.402. The topological polar surface area (TPSA) is 29.3 Å². The summed E-state index contributed by atoms with van der Waals surface area (Å²) in [6.07, 6.45) is 2.21. The van der Waals surface area contributed by atoms with E-state index in [0.29, 0.717) is 5.92 Å². The van der Waals surface area contributed by atoms with Gasteiger partial charge in [-0.05, 0) is 61.7 Å². The molecule has 0 saturated heterocycles. The summed E-state index contributed by atoms with van der Waals surface area (Å²) in [6, 6.07) is 17.8. The zero-order valence-electron chi connectivity index (χ0n) is 14.0. The van der Waals surface area contributed by atoms with Crippen molar-refractivity contribution in [3.8, 4) is 11.1 Å². The molecule has 0 saturated carbocycles. The summed E-state index contributed by atoms with van der Waals surface area (Å²) in [6.45, 7) is 3.97. The van der Waals surface area contributed by atoms with Crippen LogP contribution in [0.15, 0.2) is 48.5 Å². The van der Waals surface area contributed by atoms with Gasteiger partial charge >= 0.3 is 0 Å². The normalized spacial score (nSPS) is 12.6. The van der Waals surface area contributed by atoms with Crippen molar-refractivity contribution in [2.45, 2.75) is 32.2 Å². The maximum Gasteiger partial charge on any atom is 0.0227 e. The van der Waals surface area contributed by atoms with Crippen molar-refractivity contribution in [3.63, 3.8) is 0 Å². The lowest BCUT2D eigenvalue weighted by Gasteiger charge is -2.15. The molecule has 2 rings (SSSR count). The van der Waals surface area contributed by atoms with Crippen LogP contribution in [-0.2, 0) is 6.54 Å². The van der Waals surface area contributed by atoms with Gasteiger partial charge in [-0.1, -0.05) is 55.5 Å². The molecule has 0 aliphatic rings. The summed E-state index contributed by atoms with van der Waals surface area (Å²) in [5.41, 5.74) is 11.0. The molecule has 2 N–H and O–H groups in total. The van der Waals surface area contributed by atoms with Gasteiger partial charge in [-0.3, -0.25) is 0 Å². The van der Waals surface area contributed by atoms with Crippen LogP contribution in [-0.4, -0.2) is 25.5 Å². The highest BCUT2D eigenvalue weighted by Gasteiger charge is 2.08. The van der Waals surface area contributed by atoms with Crippen LogP contribution in [0, 0.1) is 0 Å². The Morgan fingerprint density at radius 2 is 1.45 bits per heavy atom. The molecule has 0 bridgehead atoms. The number of hydrogen-bond donors (Lipinski definition) is 1. The Hall–Kier alpha value is -1.64. The first-order chi connectivity index (χ1) is 10.6. The fourth-order valence-electron chi connectivity index (χ4n) is 2.92. The minimum atomic E-state index is 0.585. The molecule has 0 fully saturated rings. The monoisotopic (exact) mass is 296 g/mol. The van der Waals surface area contributed by atoms with Crippen molar-refractivity contribution in [1.82, 2.24) is 4.90 Å². The average Bonchev–Trinajstić information content (AvgIpc) is 2.53. The molecule has 2 nitrogen and oxygen atoms in total. The predicted octanol–water partition coefficient (Wildman–Crippen LogP) is 4.26. The smallest absolute Gasteiger partial charge is 0.0227 e. The Morgan fingerprint density at radius 3 is 1.91 bits per heavy atom.